The highest BCUT2D eigenvalue weighted by Crippen LogP contribution is 2.36. The maximum atomic E-state index is 13.9. The summed E-state index contributed by atoms with van der Waals surface area (Å²) in [5.74, 6) is 2.25. The Morgan fingerprint density at radius 1 is 1.20 bits per heavy atom. The Labute approximate surface area is 187 Å². The Bertz CT molecular complexity index is 1100. The summed E-state index contributed by atoms with van der Waals surface area (Å²) in [5.41, 5.74) is 7.84. The van der Waals surface area contributed by atoms with E-state index >= 15 is 0 Å². The first kappa shape index (κ1) is 21.0. The number of nitrogens with two attached hydrogens (primary N) is 1. The van der Waals surface area contributed by atoms with E-state index in [-0.39, 0.29) is 18.1 Å². The van der Waals surface area contributed by atoms with Gasteiger partial charge < -0.3 is 25.1 Å². The van der Waals surface area contributed by atoms with Crippen molar-refractivity contribution in [1.82, 2.24) is 24.8 Å². The van der Waals surface area contributed by atoms with E-state index in [2.05, 4.69) is 63.6 Å². The molecule has 0 saturated heterocycles. The lowest BCUT2D eigenvalue weighted by Gasteiger charge is -2.20. The third-order valence-corrected chi connectivity index (χ3v) is 5.78. The van der Waals surface area contributed by atoms with E-state index < -0.39 is 6.08 Å². The number of aryl methyl sites for hydroxylation is 1. The van der Waals surface area contributed by atoms with Crippen LogP contribution in [0.5, 0.6) is 11.5 Å². The molecule has 0 saturated carbocycles. The first-order valence-electron chi connectivity index (χ1n) is 9.72. The van der Waals surface area contributed by atoms with E-state index in [0.29, 0.717) is 29.9 Å². The van der Waals surface area contributed by atoms with E-state index in [4.69, 9.17) is 15.2 Å². The largest absolute Gasteiger partial charge is 0.454 e. The molecule has 0 aliphatic carbocycles. The molecule has 0 unspecified atom stereocenters. The summed E-state index contributed by atoms with van der Waals surface area (Å²) in [7, 11) is 0. The number of nitrogen functional groups attached to an aromatic ring is 1. The Morgan fingerprint density at radius 2 is 1.93 bits per heavy atom. The van der Waals surface area contributed by atoms with Crippen molar-refractivity contribution in [2.24, 2.45) is 0 Å². The summed E-state index contributed by atoms with van der Waals surface area (Å²) in [6, 6.07) is 3.91. The van der Waals surface area contributed by atoms with E-state index in [1.54, 1.807) is 0 Å². The second-order valence-electron chi connectivity index (χ2n) is 8.23. The molecule has 1 aliphatic heterocycles. The van der Waals surface area contributed by atoms with Crippen LogP contribution < -0.4 is 20.5 Å². The molecule has 0 bridgehead atoms. The number of imidazole rings is 1. The third kappa shape index (κ3) is 4.43. The van der Waals surface area contributed by atoms with Crippen LogP contribution in [0.15, 0.2) is 12.1 Å². The van der Waals surface area contributed by atoms with Crippen LogP contribution in [0, 0.1) is 9.65 Å². The van der Waals surface area contributed by atoms with E-state index in [9.17, 15) is 4.39 Å². The molecule has 3 heterocycles. The lowest BCUT2D eigenvalue weighted by atomic mass is 10.1. The minimum absolute atomic E-state index is 0.0289. The van der Waals surface area contributed by atoms with Gasteiger partial charge in [-0.1, -0.05) is 0 Å². The van der Waals surface area contributed by atoms with Crippen LogP contribution in [0.4, 0.5) is 10.2 Å². The minimum Gasteiger partial charge on any atom is -0.454 e. The van der Waals surface area contributed by atoms with Gasteiger partial charge in [-0.2, -0.15) is 14.4 Å². The zero-order valence-electron chi connectivity index (χ0n) is 17.1. The second-order valence-corrected chi connectivity index (χ2v) is 9.40. The average Bonchev–Trinajstić information content (AvgIpc) is 3.23. The molecule has 0 fully saturated rings. The highest BCUT2D eigenvalue weighted by Gasteiger charge is 2.21. The van der Waals surface area contributed by atoms with Gasteiger partial charge in [0, 0.05) is 22.1 Å². The smallest absolute Gasteiger partial charge is 0.312 e. The summed E-state index contributed by atoms with van der Waals surface area (Å²) in [5, 5.41) is 3.46. The highest BCUT2D eigenvalue weighted by atomic mass is 124. The van der Waals surface area contributed by atoms with E-state index in [0.717, 1.165) is 33.7 Å². The van der Waals surface area contributed by atoms with Crippen molar-refractivity contribution in [3.05, 3.63) is 33.2 Å². The molecule has 8 nitrogen and oxygen atoms in total. The average molecular weight is 523 g/mol. The topological polar surface area (TPSA) is 100 Å². The fraction of sp³-hybridized carbons (Fsp3) is 0.450. The van der Waals surface area contributed by atoms with Gasteiger partial charge in [-0.3, -0.25) is 0 Å². The summed E-state index contributed by atoms with van der Waals surface area (Å²) in [4.78, 5) is 12.3. The van der Waals surface area contributed by atoms with Gasteiger partial charge in [0.2, 0.25) is 6.79 Å². The fourth-order valence-electron chi connectivity index (χ4n) is 3.37. The first-order valence-corrected chi connectivity index (χ1v) is 10.8. The van der Waals surface area contributed by atoms with Crippen molar-refractivity contribution in [3.8, 4) is 11.5 Å². The molecule has 1 aliphatic rings. The van der Waals surface area contributed by atoms with Gasteiger partial charge in [0.25, 0.3) is 0 Å². The quantitative estimate of drug-likeness (QED) is 0.291. The van der Waals surface area contributed by atoms with Crippen molar-refractivity contribution >= 4 is 39.6 Å². The summed E-state index contributed by atoms with van der Waals surface area (Å²) in [6.45, 7) is 8.03. The molecule has 10 heteroatoms. The predicted molar refractivity (Wildman–Crippen MR) is 120 cm³/mol. The lowest BCUT2D eigenvalue weighted by Crippen LogP contribution is -2.36. The molecule has 3 aromatic rings. The Kier molecular flexibility index (Phi) is 5.71. The minimum atomic E-state index is -0.849. The molecular formula is C20H24FIN6O2. The SMILES string of the molecule is CC(C)(C)NCCCn1c(Cc2cc3c(cc2[124I])OCO3)nc2c(N)nc(F)nc21. The molecule has 160 valence electrons. The van der Waals surface area contributed by atoms with Crippen LogP contribution in [0.2, 0.25) is 0 Å². The van der Waals surface area contributed by atoms with Crippen LogP contribution in [0.1, 0.15) is 38.6 Å². The number of aromatic nitrogens is 4. The third-order valence-electron chi connectivity index (χ3n) is 4.78. The Hall–Kier alpha value is -2.21. The normalized spacial score (nSPS) is 13.4. The van der Waals surface area contributed by atoms with Gasteiger partial charge >= 0.3 is 6.08 Å². The number of halogens is 2. The van der Waals surface area contributed by atoms with Crippen molar-refractivity contribution in [3.63, 3.8) is 0 Å². The number of hydrogen-bond donors (Lipinski definition) is 2. The highest BCUT2D eigenvalue weighted by molar-refractivity contribution is 14.1. The van der Waals surface area contributed by atoms with Crippen LogP contribution in [-0.4, -0.2) is 38.4 Å². The van der Waals surface area contributed by atoms with Crippen molar-refractivity contribution in [2.75, 3.05) is 19.1 Å². The molecular weight excluding hydrogens is 499 g/mol. The van der Waals surface area contributed by atoms with Crippen LogP contribution >= 0.6 is 22.6 Å². The monoisotopic (exact) mass is 523 g/mol. The molecule has 0 amide bonds. The van der Waals surface area contributed by atoms with Gasteiger partial charge in [-0.25, -0.2) is 4.98 Å². The predicted octanol–water partition coefficient (Wildman–Crippen LogP) is 3.25. The fourth-order valence-corrected chi connectivity index (χ4v) is 4.00. The van der Waals surface area contributed by atoms with Gasteiger partial charge in [0.05, 0.1) is 0 Å². The first-order chi connectivity index (χ1) is 14.2. The van der Waals surface area contributed by atoms with Gasteiger partial charge in [-0.15, -0.1) is 0 Å². The van der Waals surface area contributed by atoms with E-state index in [1.165, 1.54) is 0 Å². The maximum Gasteiger partial charge on any atom is 0.312 e. The number of ether oxygens (including phenoxy) is 2. The van der Waals surface area contributed by atoms with Crippen LogP contribution in [0.3, 0.4) is 0 Å². The molecule has 3 N–H and O–H groups in total. The van der Waals surface area contributed by atoms with Crippen LogP contribution in [-0.2, 0) is 13.0 Å². The standard InChI is InChI=1S/C20H24FIN6O2/c1-20(2,3)24-5-4-6-28-15(25-16-17(23)26-19(21)27-18(16)28)8-11-7-13-14(9-12(11)22)30-10-29-13/h7,9,24H,4-6,8,10H2,1-3H3,(H2,23,26,27)/i22-3. The van der Waals surface area contributed by atoms with Gasteiger partial charge in [0.1, 0.15) is 5.82 Å². The number of rotatable bonds is 6. The molecule has 2 aromatic heterocycles. The van der Waals surface area contributed by atoms with Crippen molar-refractivity contribution in [1.29, 1.82) is 0 Å². The maximum absolute atomic E-state index is 13.9. The lowest BCUT2D eigenvalue weighted by molar-refractivity contribution is 0.174. The van der Waals surface area contributed by atoms with Crippen LogP contribution in [0.25, 0.3) is 11.2 Å². The molecule has 0 spiro atoms. The number of nitrogens with zero attached hydrogens (tertiary/aromatic N) is 4. The Morgan fingerprint density at radius 3 is 2.67 bits per heavy atom. The molecule has 0 atom stereocenters. The zero-order chi connectivity index (χ0) is 21.5. The van der Waals surface area contributed by atoms with Gasteiger partial charge in [0.15, 0.2) is 28.5 Å². The molecule has 1 aromatic carbocycles. The number of nitrogens with one attached hydrogen (secondary N) is 1. The second kappa shape index (κ2) is 8.14. The summed E-state index contributed by atoms with van der Waals surface area (Å²) >= 11 is 2.27. The van der Waals surface area contributed by atoms with Crippen molar-refractivity contribution in [2.45, 2.75) is 45.7 Å². The van der Waals surface area contributed by atoms with Crippen molar-refractivity contribution < 1.29 is 13.9 Å². The van der Waals surface area contributed by atoms with E-state index in [1.807, 2.05) is 16.7 Å². The number of fused-ring (bicyclic) bond motifs is 2. The number of benzene rings is 1. The number of hydrogen-bond acceptors (Lipinski definition) is 7. The molecule has 0 radical (unpaired) electrons. The Balaban J connectivity index is 1.67. The number of anilines is 1. The zero-order valence-corrected chi connectivity index (χ0v) is 19.3. The molecule has 4 rings (SSSR count). The molecule has 30 heavy (non-hydrogen) atoms. The van der Waals surface area contributed by atoms with Gasteiger partial charge in [-0.05, 0) is 74.0 Å². The summed E-state index contributed by atoms with van der Waals surface area (Å²) in [6.07, 6.45) is 0.511. The summed E-state index contributed by atoms with van der Waals surface area (Å²) < 4.78 is 27.8.